The minimum absolute atomic E-state index is 0. The number of rotatable bonds is 13. The van der Waals surface area contributed by atoms with Crippen molar-refractivity contribution < 1.29 is 65.1 Å². The molecule has 0 bridgehead atoms. The van der Waals surface area contributed by atoms with Gasteiger partial charge >= 0.3 is 46.2 Å². The number of hydrogen-bond donors (Lipinski definition) is 1. The Morgan fingerprint density at radius 2 is 0.670 bits per heavy atom. The van der Waals surface area contributed by atoms with Gasteiger partial charge in [-0.3, -0.25) is 4.79 Å². The molecule has 0 amide bonds. The van der Waals surface area contributed by atoms with E-state index in [1.165, 1.54) is 6.07 Å². The van der Waals surface area contributed by atoms with Crippen molar-refractivity contribution in [1.29, 1.82) is 0 Å². The van der Waals surface area contributed by atoms with Crippen LogP contribution in [-0.4, -0.2) is 108 Å². The predicted molar refractivity (Wildman–Crippen MR) is 400 cm³/mol. The third-order valence-electron chi connectivity index (χ3n) is 13.3. The second-order valence-corrected chi connectivity index (χ2v) is 22.2. The number of hydrogen-bond acceptors (Lipinski definition) is 14. The number of pyridine rings is 6. The summed E-state index contributed by atoms with van der Waals surface area (Å²) in [6.07, 6.45) is 10.8. The Morgan fingerprint density at radius 1 is 0.380 bits per heavy atom. The molecule has 12 rings (SSSR count). The molecule has 18 heteroatoms. The second kappa shape index (κ2) is 45.1. The molecule has 12 aromatic rings. The van der Waals surface area contributed by atoms with Gasteiger partial charge in [0.05, 0.1) is 0 Å². The Labute approximate surface area is 621 Å². The fourth-order valence-corrected chi connectivity index (χ4v) is 8.04. The Balaban J connectivity index is 0.000000306. The molecule has 0 fully saturated rings. The van der Waals surface area contributed by atoms with Crippen molar-refractivity contribution in [2.45, 2.75) is 13.8 Å². The number of carbonyl (C=O) groups excluding carboxylic acids is 2. The van der Waals surface area contributed by atoms with Gasteiger partial charge < -0.3 is 64.8 Å². The van der Waals surface area contributed by atoms with Crippen LogP contribution in [0.5, 0.6) is 11.5 Å². The smallest absolute Gasteiger partial charge is 0.551 e. The van der Waals surface area contributed by atoms with Crippen molar-refractivity contribution in [2.75, 3.05) is 76.0 Å². The van der Waals surface area contributed by atoms with Gasteiger partial charge in [0.25, 0.3) is 0 Å². The van der Waals surface area contributed by atoms with Crippen molar-refractivity contribution >= 4 is 45.6 Å². The molecule has 100 heavy (non-hydrogen) atoms. The maximum Gasteiger partial charge on any atom is 3.00 e. The summed E-state index contributed by atoms with van der Waals surface area (Å²) >= 11 is 4.87. The first-order chi connectivity index (χ1) is 46.8. The predicted octanol–water partition coefficient (Wildman–Crippen LogP) is 16.2. The van der Waals surface area contributed by atoms with Crippen LogP contribution in [0, 0.1) is 36.4 Å². The number of esters is 1. The maximum absolute atomic E-state index is 11.3. The molecule has 0 aliphatic heterocycles. The number of allylic oxidation sites excluding steroid dienone is 1. The zero-order valence-electron chi connectivity index (χ0n) is 57.4. The van der Waals surface area contributed by atoms with E-state index < -0.39 is 11.2 Å². The summed E-state index contributed by atoms with van der Waals surface area (Å²) in [5.74, 6) is 0.233. The number of ether oxygens (including phenoxy) is 1. The Kier molecular flexibility index (Phi) is 37.7. The fraction of sp³-hybridized carbons (Fsp3) is 0.122. The van der Waals surface area contributed by atoms with Crippen LogP contribution in [0.1, 0.15) is 13.8 Å². The van der Waals surface area contributed by atoms with Gasteiger partial charge in [-0.05, 0) is 96.0 Å². The van der Waals surface area contributed by atoms with Gasteiger partial charge in [0.2, 0.25) is 5.24 Å². The van der Waals surface area contributed by atoms with Crippen LogP contribution in [0.3, 0.4) is 0 Å². The minimum Gasteiger partial charge on any atom is -0.551 e. The molecule has 3 N–H and O–H groups in total. The molecule has 0 saturated heterocycles. The van der Waals surface area contributed by atoms with E-state index in [0.29, 0.717) is 16.9 Å². The summed E-state index contributed by atoms with van der Waals surface area (Å²) in [6, 6.07) is 87.8. The van der Waals surface area contributed by atoms with Gasteiger partial charge in [0, 0.05) is 139 Å². The van der Waals surface area contributed by atoms with Crippen molar-refractivity contribution in [3.63, 3.8) is 0 Å². The Morgan fingerprint density at radius 3 is 0.900 bits per heavy atom. The number of carbonyl (C=O) groups is 2. The number of phenols is 1. The molecule has 6 aromatic heterocycles. The van der Waals surface area contributed by atoms with E-state index in [1.54, 1.807) is 50.5 Å². The number of nitrogens with zero attached hydrogens (tertiary/aromatic N) is 10. The molecule has 0 radical (unpaired) electrons. The molecule has 512 valence electrons. The number of aromatic hydroxyl groups is 1. The van der Waals surface area contributed by atoms with Crippen LogP contribution in [0.15, 0.2) is 280 Å². The van der Waals surface area contributed by atoms with Crippen molar-refractivity contribution in [3.05, 3.63) is 316 Å². The molecule has 6 aromatic carbocycles. The molecular formula is C82H79ClIr2N10O5. The summed E-state index contributed by atoms with van der Waals surface area (Å²) in [7, 11) is 16.2. The zero-order chi connectivity index (χ0) is 69.9. The number of benzene rings is 6. The standard InChI is InChI=1S/C15H12NO2.4C13H13N2.C11H8NO.C4H5ClO.2Ir.H2O/c1-11(2)15(17)18-13-8-6-12(7-9-13)14-5-3-4-10-16-14;4*1-15(2)12-8-9-14-13(10-12)11-6-4-3-5-7-11;13-10-6-4-9(5-7-10)11-3-1-2-8-12-11;1-3(2)4(5)6;;;/h3-6,8-10H,1H2,2H3;4*3-6,8-10H,1-2H3;1-4,6-8,13H;1H2,2H3;;;1H2/q6*-1;;2*+3;. The average Bonchev–Trinajstić information content (AvgIpc) is 0.895. The number of phenolic OH excluding ortho intramolecular Hbond substituents is 1. The quantitative estimate of drug-likeness (QED) is 0.0378. The maximum atomic E-state index is 11.3. The van der Waals surface area contributed by atoms with Gasteiger partial charge in [-0.15, -0.1) is 203 Å². The Hall–Kier alpha value is -10.6. The second-order valence-electron chi connectivity index (χ2n) is 21.8. The fourth-order valence-electron chi connectivity index (χ4n) is 8.04. The topological polar surface area (TPSA) is 185 Å². The largest absolute Gasteiger partial charge is 3.00 e. The summed E-state index contributed by atoms with van der Waals surface area (Å²) in [6.45, 7) is 9.97. The van der Waals surface area contributed by atoms with E-state index >= 15 is 0 Å². The first-order valence-corrected chi connectivity index (χ1v) is 30.8. The van der Waals surface area contributed by atoms with Crippen molar-refractivity contribution in [2.24, 2.45) is 0 Å². The monoisotopic (exact) mass is 1700 g/mol. The van der Waals surface area contributed by atoms with Crippen LogP contribution >= 0.6 is 11.6 Å². The van der Waals surface area contributed by atoms with Crippen LogP contribution in [0.2, 0.25) is 0 Å². The van der Waals surface area contributed by atoms with Gasteiger partial charge in [-0.25, -0.2) is 4.79 Å². The molecular weight excluding hydrogens is 1620 g/mol. The molecule has 15 nitrogen and oxygen atoms in total. The first-order valence-electron chi connectivity index (χ1n) is 30.5. The normalized spacial score (nSPS) is 9.51. The Bertz CT molecular complexity index is 3960. The minimum atomic E-state index is -0.463. The van der Waals surface area contributed by atoms with Gasteiger partial charge in [-0.1, -0.05) is 61.7 Å². The average molecular weight is 1700 g/mol. The van der Waals surface area contributed by atoms with Gasteiger partial charge in [0.1, 0.15) is 0 Å². The van der Waals surface area contributed by atoms with Gasteiger partial charge in [-0.2, -0.15) is 0 Å². The molecule has 0 spiro atoms. The van der Waals surface area contributed by atoms with E-state index in [4.69, 9.17) is 21.4 Å². The summed E-state index contributed by atoms with van der Waals surface area (Å²) < 4.78 is 5.08. The molecule has 0 aliphatic carbocycles. The molecule has 6 heterocycles. The van der Waals surface area contributed by atoms with Crippen LogP contribution in [-0.2, 0) is 49.8 Å². The van der Waals surface area contributed by atoms with Crippen LogP contribution < -0.4 is 24.3 Å². The third-order valence-corrected chi connectivity index (χ3v) is 13.7. The summed E-state index contributed by atoms with van der Waals surface area (Å²) in [5, 5.41) is 8.59. The summed E-state index contributed by atoms with van der Waals surface area (Å²) in [5.41, 5.74) is 16.7. The number of anilines is 4. The third kappa shape index (κ3) is 29.2. The van der Waals surface area contributed by atoms with E-state index in [2.05, 4.69) is 123 Å². The molecule has 0 saturated carbocycles. The van der Waals surface area contributed by atoms with Crippen LogP contribution in [0.4, 0.5) is 22.7 Å². The van der Waals surface area contributed by atoms with Gasteiger partial charge in [0.15, 0.2) is 0 Å². The van der Waals surface area contributed by atoms with E-state index in [-0.39, 0.29) is 51.4 Å². The van der Waals surface area contributed by atoms with E-state index in [1.807, 2.05) is 245 Å². The zero-order valence-corrected chi connectivity index (χ0v) is 62.9. The summed E-state index contributed by atoms with van der Waals surface area (Å²) in [4.78, 5) is 55.1. The SMILES string of the molecule is C=C(C)C(=O)Cl.C=C(C)C(=O)Oc1c[c-]c(-c2ccccn2)cc1.CN(C)c1ccnc(-c2[c-]cccc2)c1.CN(C)c1ccnc(-c2[c-]cccc2)c1.CN(C)c1ccnc(-c2[c-]cccc2)c1.CN(C)c1ccnc(-c2[c-]cccc2)c1.O.Oc1c[c-]c(-c2ccccn2)cc1.[Ir+3].[Ir+3]. The molecule has 0 atom stereocenters. The van der Waals surface area contributed by atoms with Crippen LogP contribution in [0.25, 0.3) is 67.5 Å². The number of halogens is 1. The number of aromatic nitrogens is 6. The molecule has 0 aliphatic rings. The van der Waals surface area contributed by atoms with E-state index in [9.17, 15) is 9.59 Å². The van der Waals surface area contributed by atoms with Crippen molar-refractivity contribution in [1.82, 2.24) is 29.9 Å². The van der Waals surface area contributed by atoms with E-state index in [0.717, 1.165) is 90.3 Å². The molecule has 0 unspecified atom stereocenters. The van der Waals surface area contributed by atoms with Crippen molar-refractivity contribution in [3.8, 4) is 79.0 Å². The first kappa shape index (κ1) is 83.6.